The van der Waals surface area contributed by atoms with Crippen molar-refractivity contribution in [2.45, 2.75) is 38.5 Å². The molecule has 0 amide bonds. The van der Waals surface area contributed by atoms with Gasteiger partial charge in [-0.2, -0.15) is 0 Å². The summed E-state index contributed by atoms with van der Waals surface area (Å²) < 4.78 is 27.6. The molecule has 4 nitrogen and oxygen atoms in total. The molecule has 0 fully saturated rings. The Morgan fingerprint density at radius 3 is 2.60 bits per heavy atom. The van der Waals surface area contributed by atoms with Crippen molar-refractivity contribution in [2.75, 3.05) is 0 Å². The van der Waals surface area contributed by atoms with E-state index < -0.39 is 10.0 Å². The number of hydrogen-bond donors (Lipinski definition) is 0. The van der Waals surface area contributed by atoms with E-state index in [0.29, 0.717) is 5.69 Å². The second-order valence-corrected chi connectivity index (χ2v) is 10.0. The smallest absolute Gasteiger partial charge is 0.263 e. The summed E-state index contributed by atoms with van der Waals surface area (Å²) >= 11 is 1.54. The molecule has 0 atom stereocenters. The van der Waals surface area contributed by atoms with Crippen LogP contribution in [0.2, 0.25) is 0 Å². The zero-order valence-electron chi connectivity index (χ0n) is 14.6. The van der Waals surface area contributed by atoms with Gasteiger partial charge in [0.15, 0.2) is 0 Å². The molecule has 0 unspecified atom stereocenters. The van der Waals surface area contributed by atoms with E-state index in [1.807, 2.05) is 23.6 Å². The summed E-state index contributed by atoms with van der Waals surface area (Å²) in [5, 5.41) is 1.96. The van der Waals surface area contributed by atoms with E-state index in [-0.39, 0.29) is 10.3 Å². The van der Waals surface area contributed by atoms with Crippen LogP contribution in [0.25, 0.3) is 10.6 Å². The normalized spacial score (nSPS) is 12.4. The van der Waals surface area contributed by atoms with Crippen molar-refractivity contribution < 1.29 is 8.42 Å². The number of pyridine rings is 1. The van der Waals surface area contributed by atoms with E-state index in [9.17, 15) is 8.42 Å². The fourth-order valence-electron chi connectivity index (χ4n) is 2.57. The van der Waals surface area contributed by atoms with Crippen molar-refractivity contribution in [3.8, 4) is 10.6 Å². The van der Waals surface area contributed by atoms with Crippen molar-refractivity contribution >= 4 is 21.4 Å². The second kappa shape index (κ2) is 6.77. The molecule has 0 aliphatic rings. The predicted molar refractivity (Wildman–Crippen MR) is 102 cm³/mol. The Morgan fingerprint density at radius 2 is 2.00 bits per heavy atom. The first-order chi connectivity index (χ1) is 11.8. The van der Waals surface area contributed by atoms with Crippen molar-refractivity contribution in [1.29, 1.82) is 0 Å². The summed E-state index contributed by atoms with van der Waals surface area (Å²) in [6, 6.07) is 9.09. The Balaban J connectivity index is 2.07. The molecule has 0 saturated carbocycles. The number of aromatic nitrogens is 2. The first kappa shape index (κ1) is 17.9. The van der Waals surface area contributed by atoms with Crippen molar-refractivity contribution in [2.24, 2.45) is 5.41 Å². The van der Waals surface area contributed by atoms with Gasteiger partial charge in [-0.1, -0.05) is 26.8 Å². The van der Waals surface area contributed by atoms with Crippen molar-refractivity contribution in [3.63, 3.8) is 0 Å². The minimum Gasteiger partial charge on any atom is -0.263 e. The molecule has 6 heteroatoms. The molecule has 3 aromatic heterocycles. The van der Waals surface area contributed by atoms with Crippen LogP contribution in [-0.2, 0) is 16.4 Å². The lowest BCUT2D eigenvalue weighted by Gasteiger charge is -2.16. The molecule has 132 valence electrons. The Morgan fingerprint density at radius 1 is 1.20 bits per heavy atom. The molecule has 0 aliphatic heterocycles. The molecule has 3 rings (SSSR count). The number of thiophene rings is 1. The third-order valence-electron chi connectivity index (χ3n) is 3.97. The molecule has 0 bridgehead atoms. The highest BCUT2D eigenvalue weighted by Crippen LogP contribution is 2.31. The van der Waals surface area contributed by atoms with Crippen LogP contribution in [0.1, 0.15) is 32.8 Å². The molecule has 0 spiro atoms. The first-order valence-corrected chi connectivity index (χ1v) is 10.5. The number of rotatable bonds is 5. The quantitative estimate of drug-likeness (QED) is 0.643. The molecular formula is C19H22N2O2S2. The molecule has 0 saturated heterocycles. The molecule has 0 aromatic carbocycles. The molecule has 0 radical (unpaired) electrons. The van der Waals surface area contributed by atoms with E-state index >= 15 is 0 Å². The Hall–Kier alpha value is -1.92. The van der Waals surface area contributed by atoms with Gasteiger partial charge in [-0.3, -0.25) is 4.98 Å². The number of hydrogen-bond acceptors (Lipinski definition) is 4. The van der Waals surface area contributed by atoms with E-state index in [1.54, 1.807) is 24.5 Å². The zero-order valence-corrected chi connectivity index (χ0v) is 16.3. The molecular weight excluding hydrogens is 352 g/mol. The van der Waals surface area contributed by atoms with Gasteiger partial charge in [-0.05, 0) is 53.5 Å². The summed E-state index contributed by atoms with van der Waals surface area (Å²) in [6.07, 6.45) is 6.56. The third kappa shape index (κ3) is 4.02. The fourth-order valence-corrected chi connectivity index (χ4v) is 4.72. The summed E-state index contributed by atoms with van der Waals surface area (Å²) in [6.45, 7) is 6.57. The molecule has 3 aromatic rings. The summed E-state index contributed by atoms with van der Waals surface area (Å²) in [5.41, 5.74) is 1.95. The van der Waals surface area contributed by atoms with Crippen molar-refractivity contribution in [1.82, 2.24) is 8.96 Å². The highest BCUT2D eigenvalue weighted by atomic mass is 32.2. The van der Waals surface area contributed by atoms with Gasteiger partial charge in [0.2, 0.25) is 0 Å². The lowest BCUT2D eigenvalue weighted by atomic mass is 9.89. The minimum absolute atomic E-state index is 0.200. The monoisotopic (exact) mass is 374 g/mol. The number of aryl methyl sites for hydroxylation is 1. The molecule has 0 N–H and O–H groups in total. The highest BCUT2D eigenvalue weighted by Gasteiger charge is 2.23. The molecule has 25 heavy (non-hydrogen) atoms. The van der Waals surface area contributed by atoms with Crippen molar-refractivity contribution in [3.05, 3.63) is 59.9 Å². The van der Waals surface area contributed by atoms with E-state index in [1.165, 1.54) is 21.5 Å². The van der Waals surface area contributed by atoms with Crippen LogP contribution < -0.4 is 0 Å². The van der Waals surface area contributed by atoms with Gasteiger partial charge in [-0.25, -0.2) is 12.4 Å². The van der Waals surface area contributed by atoms with Crippen LogP contribution in [0.5, 0.6) is 0 Å². The molecule has 0 aliphatic carbocycles. The largest absolute Gasteiger partial charge is 0.269 e. The first-order valence-electron chi connectivity index (χ1n) is 8.18. The lowest BCUT2D eigenvalue weighted by molar-refractivity contribution is 0.378. The van der Waals surface area contributed by atoms with Gasteiger partial charge >= 0.3 is 0 Å². The lowest BCUT2D eigenvalue weighted by Crippen LogP contribution is -2.13. The third-order valence-corrected chi connectivity index (χ3v) is 6.52. The van der Waals surface area contributed by atoms with E-state index in [0.717, 1.165) is 23.3 Å². The zero-order chi connectivity index (χ0) is 18.1. The van der Waals surface area contributed by atoms with Gasteiger partial charge in [0.1, 0.15) is 4.90 Å². The Bertz CT molecular complexity index is 935. The van der Waals surface area contributed by atoms with E-state index in [4.69, 9.17) is 0 Å². The van der Waals surface area contributed by atoms with Crippen LogP contribution >= 0.6 is 11.3 Å². The Kier molecular flexibility index (Phi) is 4.84. The van der Waals surface area contributed by atoms with E-state index in [2.05, 4.69) is 25.8 Å². The van der Waals surface area contributed by atoms with Crippen LogP contribution in [0.4, 0.5) is 0 Å². The van der Waals surface area contributed by atoms with Gasteiger partial charge in [0.05, 0.1) is 10.6 Å². The van der Waals surface area contributed by atoms with Gasteiger partial charge in [0, 0.05) is 18.6 Å². The topological polar surface area (TPSA) is 52.0 Å². The van der Waals surface area contributed by atoms with Crippen LogP contribution in [0.3, 0.4) is 0 Å². The van der Waals surface area contributed by atoms with Crippen LogP contribution in [0.15, 0.2) is 59.2 Å². The van der Waals surface area contributed by atoms with Crippen LogP contribution in [-0.4, -0.2) is 17.4 Å². The highest BCUT2D eigenvalue weighted by molar-refractivity contribution is 7.90. The SMILES string of the molecule is CC(C)(C)CCc1cc(-c2cccs2)n(S(=O)(=O)c2cccnc2)c1. The van der Waals surface area contributed by atoms with Crippen LogP contribution in [0, 0.1) is 5.41 Å². The van der Waals surface area contributed by atoms with Gasteiger partial charge < -0.3 is 0 Å². The summed E-state index contributed by atoms with van der Waals surface area (Å²) in [4.78, 5) is 5.09. The maximum Gasteiger partial charge on any atom is 0.269 e. The predicted octanol–water partition coefficient (Wildman–Crippen LogP) is 4.83. The average molecular weight is 375 g/mol. The number of nitrogens with zero attached hydrogens (tertiary/aromatic N) is 2. The maximum absolute atomic E-state index is 13.1. The summed E-state index contributed by atoms with van der Waals surface area (Å²) in [7, 11) is -3.67. The fraction of sp³-hybridized carbons (Fsp3) is 0.316. The maximum atomic E-state index is 13.1. The van der Waals surface area contributed by atoms with Gasteiger partial charge in [-0.15, -0.1) is 11.3 Å². The molecule has 3 heterocycles. The minimum atomic E-state index is -3.67. The second-order valence-electron chi connectivity index (χ2n) is 7.26. The summed E-state index contributed by atoms with van der Waals surface area (Å²) in [5.74, 6) is 0. The van der Waals surface area contributed by atoms with Gasteiger partial charge in [0.25, 0.3) is 10.0 Å². The average Bonchev–Trinajstić information content (AvgIpc) is 3.22. The standard InChI is InChI=1S/C19H22N2O2S2/c1-19(2,3)9-8-15-12-17(18-7-5-11-24-18)21(14-15)25(22,23)16-6-4-10-20-13-16/h4-7,10-14H,8-9H2,1-3H3. The Labute approximate surface area is 153 Å².